The molecule has 0 amide bonds. The largest absolute Gasteiger partial charge is 0.376 e. The first-order chi connectivity index (χ1) is 11.2. The number of thiophene rings is 1. The molecule has 1 aromatic heterocycles. The summed E-state index contributed by atoms with van der Waals surface area (Å²) in [5.74, 6) is 0. The molecule has 2 aromatic rings. The van der Waals surface area contributed by atoms with Crippen LogP contribution in [0.15, 0.2) is 41.8 Å². The molecule has 0 saturated carbocycles. The third-order valence-corrected chi connectivity index (χ3v) is 5.23. The lowest BCUT2D eigenvalue weighted by molar-refractivity contribution is 0.114. The molecule has 2 N–H and O–H groups in total. The molecule has 122 valence electrons. The summed E-state index contributed by atoms with van der Waals surface area (Å²) in [6, 6.07) is 12.9. The van der Waals surface area contributed by atoms with Gasteiger partial charge in [0.25, 0.3) is 0 Å². The van der Waals surface area contributed by atoms with Gasteiger partial charge in [0, 0.05) is 18.0 Å². The van der Waals surface area contributed by atoms with Gasteiger partial charge in [-0.15, -0.1) is 11.3 Å². The fourth-order valence-electron chi connectivity index (χ4n) is 2.73. The number of hydrogen-bond donors (Lipinski definition) is 2. The van der Waals surface area contributed by atoms with E-state index in [1.807, 2.05) is 0 Å². The molecule has 1 aliphatic rings. The highest BCUT2D eigenvalue weighted by molar-refractivity contribution is 7.80. The molecule has 0 unspecified atom stereocenters. The molecule has 1 fully saturated rings. The number of benzene rings is 1. The molecule has 0 aliphatic carbocycles. The fourth-order valence-corrected chi connectivity index (χ4v) is 3.73. The molecule has 1 aliphatic heterocycles. The van der Waals surface area contributed by atoms with Gasteiger partial charge in [0.05, 0.1) is 12.1 Å². The molecular weight excluding hydrogens is 324 g/mol. The Hall–Kier alpha value is -1.43. The first-order valence-corrected chi connectivity index (χ1v) is 9.27. The van der Waals surface area contributed by atoms with Gasteiger partial charge in [-0.3, -0.25) is 0 Å². The fraction of sp³-hybridized carbons (Fsp3) is 0.389. The molecule has 0 radical (unpaired) electrons. The van der Waals surface area contributed by atoms with Crippen molar-refractivity contribution in [2.75, 3.05) is 13.2 Å². The Morgan fingerprint density at radius 1 is 1.35 bits per heavy atom. The SMILES string of the molecule is Cc1ccc([C@H](NC(=S)NC[C@@H]2CCCO2)c2cccs2)cc1. The van der Waals surface area contributed by atoms with Gasteiger partial charge in [-0.05, 0) is 49.0 Å². The van der Waals surface area contributed by atoms with Crippen LogP contribution < -0.4 is 10.6 Å². The van der Waals surface area contributed by atoms with Gasteiger partial charge in [0.1, 0.15) is 0 Å². The Morgan fingerprint density at radius 3 is 2.83 bits per heavy atom. The minimum Gasteiger partial charge on any atom is -0.376 e. The number of ether oxygens (including phenoxy) is 1. The van der Waals surface area contributed by atoms with Gasteiger partial charge < -0.3 is 15.4 Å². The second-order valence-corrected chi connectivity index (χ2v) is 7.24. The second kappa shape index (κ2) is 7.90. The maximum absolute atomic E-state index is 5.63. The van der Waals surface area contributed by atoms with Crippen LogP contribution in [0.5, 0.6) is 0 Å². The van der Waals surface area contributed by atoms with Crippen LogP contribution in [0.4, 0.5) is 0 Å². The van der Waals surface area contributed by atoms with Crippen LogP contribution in [0.2, 0.25) is 0 Å². The van der Waals surface area contributed by atoms with Crippen LogP contribution in [-0.4, -0.2) is 24.4 Å². The quantitative estimate of drug-likeness (QED) is 0.807. The number of nitrogens with one attached hydrogen (secondary N) is 2. The Bertz CT molecular complexity index is 619. The van der Waals surface area contributed by atoms with E-state index in [1.54, 1.807) is 11.3 Å². The number of aryl methyl sites for hydroxylation is 1. The number of thiocarbonyl (C=S) groups is 1. The first-order valence-electron chi connectivity index (χ1n) is 7.98. The van der Waals surface area contributed by atoms with E-state index in [0.29, 0.717) is 5.11 Å². The van der Waals surface area contributed by atoms with Gasteiger partial charge in [0.15, 0.2) is 5.11 Å². The van der Waals surface area contributed by atoms with E-state index in [9.17, 15) is 0 Å². The Balaban J connectivity index is 1.66. The summed E-state index contributed by atoms with van der Waals surface area (Å²) in [4.78, 5) is 1.26. The minimum atomic E-state index is 0.0834. The highest BCUT2D eigenvalue weighted by Crippen LogP contribution is 2.26. The van der Waals surface area contributed by atoms with E-state index in [0.717, 1.165) is 26.0 Å². The van der Waals surface area contributed by atoms with Crippen molar-refractivity contribution >= 4 is 28.7 Å². The summed E-state index contributed by atoms with van der Waals surface area (Å²) >= 11 is 7.23. The predicted octanol–water partition coefficient (Wildman–Crippen LogP) is 3.79. The van der Waals surface area contributed by atoms with Crippen molar-refractivity contribution in [1.82, 2.24) is 10.6 Å². The maximum atomic E-state index is 5.63. The lowest BCUT2D eigenvalue weighted by Gasteiger charge is -2.21. The molecule has 3 rings (SSSR count). The average Bonchev–Trinajstić information content (AvgIpc) is 3.25. The molecule has 5 heteroatoms. The summed E-state index contributed by atoms with van der Waals surface area (Å²) in [6.07, 6.45) is 2.55. The summed E-state index contributed by atoms with van der Waals surface area (Å²) in [7, 11) is 0. The van der Waals surface area contributed by atoms with E-state index in [2.05, 4.69) is 59.3 Å². The molecule has 1 aromatic carbocycles. The monoisotopic (exact) mass is 346 g/mol. The van der Waals surface area contributed by atoms with Crippen LogP contribution >= 0.6 is 23.6 Å². The molecule has 1 saturated heterocycles. The van der Waals surface area contributed by atoms with Gasteiger partial charge >= 0.3 is 0 Å². The van der Waals surface area contributed by atoms with Crippen LogP contribution in [0.1, 0.15) is 34.9 Å². The van der Waals surface area contributed by atoms with Crippen molar-refractivity contribution in [3.05, 3.63) is 57.8 Å². The summed E-state index contributed by atoms with van der Waals surface area (Å²) in [6.45, 7) is 3.75. The van der Waals surface area contributed by atoms with Crippen LogP contribution in [0.3, 0.4) is 0 Å². The van der Waals surface area contributed by atoms with Crippen molar-refractivity contribution in [1.29, 1.82) is 0 Å². The summed E-state index contributed by atoms with van der Waals surface area (Å²) in [5.41, 5.74) is 2.48. The van der Waals surface area contributed by atoms with E-state index in [4.69, 9.17) is 17.0 Å². The van der Waals surface area contributed by atoms with Crippen molar-refractivity contribution in [3.63, 3.8) is 0 Å². The third kappa shape index (κ3) is 4.53. The molecule has 2 heterocycles. The van der Waals surface area contributed by atoms with E-state index < -0.39 is 0 Å². The van der Waals surface area contributed by atoms with E-state index >= 15 is 0 Å². The molecule has 0 bridgehead atoms. The Kier molecular flexibility index (Phi) is 5.65. The lowest BCUT2D eigenvalue weighted by Crippen LogP contribution is -2.41. The molecule has 23 heavy (non-hydrogen) atoms. The van der Waals surface area contributed by atoms with Crippen molar-refractivity contribution in [2.45, 2.75) is 31.9 Å². The van der Waals surface area contributed by atoms with Crippen LogP contribution in [0, 0.1) is 6.92 Å². The number of hydrogen-bond acceptors (Lipinski definition) is 3. The first kappa shape index (κ1) is 16.4. The second-order valence-electron chi connectivity index (χ2n) is 5.85. The zero-order valence-corrected chi connectivity index (χ0v) is 14.9. The zero-order chi connectivity index (χ0) is 16.1. The highest BCUT2D eigenvalue weighted by Gasteiger charge is 2.18. The highest BCUT2D eigenvalue weighted by atomic mass is 32.1. The third-order valence-electron chi connectivity index (χ3n) is 4.03. The van der Waals surface area contributed by atoms with Crippen molar-refractivity contribution in [3.8, 4) is 0 Å². The normalized spacial score (nSPS) is 18.6. The van der Waals surface area contributed by atoms with Crippen LogP contribution in [-0.2, 0) is 4.74 Å². The maximum Gasteiger partial charge on any atom is 0.167 e. The minimum absolute atomic E-state index is 0.0834. The number of rotatable bonds is 5. The standard InChI is InChI=1S/C18H22N2OS2/c1-13-6-8-14(9-7-13)17(16-5-3-11-23-16)20-18(22)19-12-15-4-2-10-21-15/h3,5-9,11,15,17H,2,4,10,12H2,1H3,(H2,19,20,22)/t15-,17-/m0/s1. The van der Waals surface area contributed by atoms with E-state index in [-0.39, 0.29) is 12.1 Å². The molecule has 3 nitrogen and oxygen atoms in total. The lowest BCUT2D eigenvalue weighted by atomic mass is 10.0. The van der Waals surface area contributed by atoms with Gasteiger partial charge in [-0.2, -0.15) is 0 Å². The van der Waals surface area contributed by atoms with E-state index in [1.165, 1.54) is 16.0 Å². The summed E-state index contributed by atoms with van der Waals surface area (Å²) < 4.78 is 5.63. The summed E-state index contributed by atoms with van der Waals surface area (Å²) in [5, 5.41) is 9.53. The van der Waals surface area contributed by atoms with Gasteiger partial charge in [0.2, 0.25) is 0 Å². The van der Waals surface area contributed by atoms with Crippen molar-refractivity contribution < 1.29 is 4.74 Å². The topological polar surface area (TPSA) is 33.3 Å². The molecule has 0 spiro atoms. The zero-order valence-electron chi connectivity index (χ0n) is 13.2. The smallest absolute Gasteiger partial charge is 0.167 e. The Morgan fingerprint density at radius 2 is 2.17 bits per heavy atom. The molecular formula is C18H22N2OS2. The van der Waals surface area contributed by atoms with Gasteiger partial charge in [-0.25, -0.2) is 0 Å². The van der Waals surface area contributed by atoms with Crippen molar-refractivity contribution in [2.24, 2.45) is 0 Å². The average molecular weight is 347 g/mol. The van der Waals surface area contributed by atoms with Gasteiger partial charge in [-0.1, -0.05) is 35.9 Å². The molecule has 2 atom stereocenters. The Labute approximate surface area is 147 Å². The predicted molar refractivity (Wildman–Crippen MR) is 100 cm³/mol. The van der Waals surface area contributed by atoms with Crippen LogP contribution in [0.25, 0.3) is 0 Å².